The molecule has 0 aliphatic heterocycles. The molecule has 7 nitrogen and oxygen atoms in total. The predicted molar refractivity (Wildman–Crippen MR) is 121 cm³/mol. The minimum absolute atomic E-state index is 0.0666. The molecule has 178 valence electrons. The van der Waals surface area contributed by atoms with E-state index in [4.69, 9.17) is 14.6 Å². The Morgan fingerprint density at radius 3 is 2.03 bits per heavy atom. The first-order valence-electron chi connectivity index (χ1n) is 12.1. The van der Waals surface area contributed by atoms with Crippen LogP contribution in [0.1, 0.15) is 97.3 Å². The van der Waals surface area contributed by atoms with E-state index < -0.39 is 12.1 Å². The molecule has 0 aromatic rings. The molecule has 0 aliphatic carbocycles. The van der Waals surface area contributed by atoms with Crippen LogP contribution >= 0.6 is 0 Å². The van der Waals surface area contributed by atoms with Crippen molar-refractivity contribution >= 4 is 12.1 Å². The van der Waals surface area contributed by atoms with E-state index >= 15 is 0 Å². The summed E-state index contributed by atoms with van der Waals surface area (Å²) in [5.41, 5.74) is 0. The van der Waals surface area contributed by atoms with Gasteiger partial charge in [0.05, 0.1) is 0 Å². The number of unbranched alkanes of at least 4 members (excludes halogenated alkanes) is 8. The van der Waals surface area contributed by atoms with E-state index in [0.717, 1.165) is 77.4 Å². The highest BCUT2D eigenvalue weighted by Crippen LogP contribution is 2.17. The zero-order valence-corrected chi connectivity index (χ0v) is 19.4. The van der Waals surface area contributed by atoms with Crippen molar-refractivity contribution in [3.8, 4) is 0 Å². The van der Waals surface area contributed by atoms with Crippen molar-refractivity contribution in [1.82, 2.24) is 10.6 Å². The summed E-state index contributed by atoms with van der Waals surface area (Å²) >= 11 is 0. The lowest BCUT2D eigenvalue weighted by molar-refractivity contribution is -0.137. The average Bonchev–Trinajstić information content (AvgIpc) is 2.72. The molecule has 0 saturated carbocycles. The minimum atomic E-state index is -0.714. The number of carboxylic acids is 1. The van der Waals surface area contributed by atoms with Crippen LogP contribution in [-0.2, 0) is 14.3 Å². The number of carbonyl (C=O) groups is 2. The molecular weight excluding hydrogens is 384 g/mol. The van der Waals surface area contributed by atoms with Gasteiger partial charge in [-0.05, 0) is 38.6 Å². The Bertz CT molecular complexity index is 407. The summed E-state index contributed by atoms with van der Waals surface area (Å²) in [7, 11) is 0. The largest absolute Gasteiger partial charge is 0.508 e. The van der Waals surface area contributed by atoms with Gasteiger partial charge in [0.15, 0.2) is 0 Å². The first-order valence-corrected chi connectivity index (χ1v) is 12.1. The summed E-state index contributed by atoms with van der Waals surface area (Å²) in [5.74, 6) is -0.714. The van der Waals surface area contributed by atoms with Crippen LogP contribution in [0.5, 0.6) is 0 Å². The lowest BCUT2D eigenvalue weighted by atomic mass is 10.0. The molecule has 7 heteroatoms. The van der Waals surface area contributed by atoms with Gasteiger partial charge in [0.2, 0.25) is 0 Å². The molecule has 1 atom stereocenters. The van der Waals surface area contributed by atoms with Gasteiger partial charge in [0, 0.05) is 26.1 Å². The van der Waals surface area contributed by atoms with Gasteiger partial charge >= 0.3 is 12.1 Å². The third-order valence-electron chi connectivity index (χ3n) is 5.04. The van der Waals surface area contributed by atoms with Gasteiger partial charge in [-0.15, -0.1) is 0 Å². The van der Waals surface area contributed by atoms with Crippen molar-refractivity contribution in [2.24, 2.45) is 0 Å². The number of carboxylic acid groups (broad SMARTS) is 1. The van der Waals surface area contributed by atoms with Crippen molar-refractivity contribution in [3.63, 3.8) is 0 Å². The van der Waals surface area contributed by atoms with Crippen LogP contribution in [-0.4, -0.2) is 56.1 Å². The van der Waals surface area contributed by atoms with Crippen LogP contribution in [0.15, 0.2) is 0 Å². The highest BCUT2D eigenvalue weighted by Gasteiger charge is 2.15. The zero-order valence-electron chi connectivity index (χ0n) is 19.4. The molecule has 30 heavy (non-hydrogen) atoms. The van der Waals surface area contributed by atoms with Crippen LogP contribution in [0.2, 0.25) is 0 Å². The molecule has 0 bridgehead atoms. The first-order chi connectivity index (χ1) is 14.6. The topological polar surface area (TPSA) is 96.9 Å². The fraction of sp³-hybridized carbons (Fsp3) is 0.913. The normalized spacial score (nSPS) is 11.9. The fourth-order valence-electron chi connectivity index (χ4n) is 3.27. The smallest absolute Gasteiger partial charge is 0.481 e. The first kappa shape index (κ1) is 28.7. The highest BCUT2D eigenvalue weighted by molar-refractivity contribution is 5.66. The number of hydrogen-bond acceptors (Lipinski definition) is 6. The molecule has 0 aliphatic rings. The summed E-state index contributed by atoms with van der Waals surface area (Å²) in [4.78, 5) is 22.5. The van der Waals surface area contributed by atoms with E-state index in [9.17, 15) is 9.59 Å². The lowest BCUT2D eigenvalue weighted by Crippen LogP contribution is -2.30. The molecule has 0 fully saturated rings. The van der Waals surface area contributed by atoms with Crippen LogP contribution in [0.25, 0.3) is 0 Å². The van der Waals surface area contributed by atoms with E-state index in [2.05, 4.69) is 24.5 Å². The van der Waals surface area contributed by atoms with Gasteiger partial charge in [-0.3, -0.25) is 4.79 Å². The van der Waals surface area contributed by atoms with E-state index in [1.54, 1.807) is 0 Å². The third-order valence-corrected chi connectivity index (χ3v) is 5.04. The summed E-state index contributed by atoms with van der Waals surface area (Å²) in [6.07, 6.45) is 12.1. The van der Waals surface area contributed by atoms with Crippen molar-refractivity contribution in [2.45, 2.75) is 103 Å². The number of nitrogens with one attached hydrogen (secondary N) is 2. The summed E-state index contributed by atoms with van der Waals surface area (Å²) in [6, 6.07) is 0. The van der Waals surface area contributed by atoms with E-state index in [0.29, 0.717) is 13.2 Å². The molecule has 0 radical (unpaired) electrons. The Kier molecular flexibility index (Phi) is 21.3. The Balaban J connectivity index is 3.94. The number of likely N-dealkylation sites (N-methyl/N-ethyl adjacent to an activating group) is 1. The molecule has 0 saturated heterocycles. The number of rotatable bonds is 22. The van der Waals surface area contributed by atoms with Crippen molar-refractivity contribution in [1.29, 1.82) is 0 Å². The van der Waals surface area contributed by atoms with Gasteiger partial charge in [0.1, 0.15) is 12.7 Å². The number of hydrogen-bond donors (Lipinski definition) is 3. The molecule has 0 amide bonds. The van der Waals surface area contributed by atoms with Crippen molar-refractivity contribution in [2.75, 3.05) is 32.8 Å². The molecule has 3 N–H and O–H groups in total. The average molecular weight is 431 g/mol. The molecule has 0 aromatic heterocycles. The standard InChI is InChI=1S/C23H46N2O5/c1-3-5-6-11-14-21(15-12-9-7-8-10-13-16-22(26)27)30-23(28)29-20-19-25-18-17-24-4-2/h21,24-25H,3-20H2,1-2H3,(H,26,27). The van der Waals surface area contributed by atoms with Crippen LogP contribution in [0, 0.1) is 0 Å². The van der Waals surface area contributed by atoms with E-state index in [1.807, 2.05) is 0 Å². The molecule has 1 unspecified atom stereocenters. The maximum Gasteiger partial charge on any atom is 0.508 e. The van der Waals surface area contributed by atoms with Gasteiger partial charge in [-0.25, -0.2) is 4.79 Å². The van der Waals surface area contributed by atoms with Crippen LogP contribution < -0.4 is 10.6 Å². The second kappa shape index (κ2) is 22.3. The minimum Gasteiger partial charge on any atom is -0.481 e. The summed E-state index contributed by atoms with van der Waals surface area (Å²) in [6.45, 7) is 7.92. The Morgan fingerprint density at radius 2 is 1.40 bits per heavy atom. The molecule has 0 spiro atoms. The van der Waals surface area contributed by atoms with Crippen molar-refractivity contribution < 1.29 is 24.2 Å². The van der Waals surface area contributed by atoms with Gasteiger partial charge < -0.3 is 25.2 Å². The molecule has 0 rings (SSSR count). The quantitative estimate of drug-likeness (QED) is 0.166. The van der Waals surface area contributed by atoms with Crippen LogP contribution in [0.4, 0.5) is 4.79 Å². The van der Waals surface area contributed by atoms with Gasteiger partial charge in [-0.1, -0.05) is 58.8 Å². The SMILES string of the molecule is CCCCCCC(CCCCCCCCC(=O)O)OC(=O)OCCNCCNCC. The van der Waals surface area contributed by atoms with Gasteiger partial charge in [-0.2, -0.15) is 0 Å². The Labute approximate surface area is 183 Å². The summed E-state index contributed by atoms with van der Waals surface area (Å²) in [5, 5.41) is 15.1. The molecular formula is C23H46N2O5. The second-order valence-corrected chi connectivity index (χ2v) is 7.84. The Hall–Kier alpha value is -1.34. The highest BCUT2D eigenvalue weighted by atomic mass is 16.7. The predicted octanol–water partition coefficient (Wildman–Crippen LogP) is 4.88. The summed E-state index contributed by atoms with van der Waals surface area (Å²) < 4.78 is 10.8. The maximum absolute atomic E-state index is 12.0. The molecule has 0 heterocycles. The zero-order chi connectivity index (χ0) is 22.3. The number of ether oxygens (including phenoxy) is 2. The van der Waals surface area contributed by atoms with E-state index in [1.165, 1.54) is 19.3 Å². The Morgan fingerprint density at radius 1 is 0.800 bits per heavy atom. The van der Waals surface area contributed by atoms with E-state index in [-0.39, 0.29) is 12.5 Å². The lowest BCUT2D eigenvalue weighted by Gasteiger charge is -2.18. The monoisotopic (exact) mass is 430 g/mol. The maximum atomic E-state index is 12.0. The third kappa shape index (κ3) is 21.4. The molecule has 0 aromatic carbocycles. The number of carbonyl (C=O) groups excluding carboxylic acids is 1. The fourth-order valence-corrected chi connectivity index (χ4v) is 3.27. The van der Waals surface area contributed by atoms with Crippen LogP contribution in [0.3, 0.4) is 0 Å². The van der Waals surface area contributed by atoms with Gasteiger partial charge in [0.25, 0.3) is 0 Å². The second-order valence-electron chi connectivity index (χ2n) is 7.84. The van der Waals surface area contributed by atoms with Crippen molar-refractivity contribution in [3.05, 3.63) is 0 Å². The number of aliphatic carboxylic acids is 1.